The van der Waals surface area contributed by atoms with Crippen LogP contribution in [0.15, 0.2) is 59.0 Å². The van der Waals surface area contributed by atoms with Crippen LogP contribution in [0.4, 0.5) is 5.69 Å². The Morgan fingerprint density at radius 3 is 2.74 bits per heavy atom. The van der Waals surface area contributed by atoms with E-state index in [1.54, 1.807) is 22.4 Å². The molecule has 4 heterocycles. The minimum Gasteiger partial charge on any atom is -0.346 e. The van der Waals surface area contributed by atoms with Crippen molar-refractivity contribution in [3.63, 3.8) is 0 Å². The highest BCUT2D eigenvalue weighted by atomic mass is 32.1. The number of H-pyrrole nitrogens is 1. The molecule has 1 aliphatic heterocycles. The number of piperidine rings is 1. The fourth-order valence-electron chi connectivity index (χ4n) is 4.50. The summed E-state index contributed by atoms with van der Waals surface area (Å²) >= 11 is 1.54. The third-order valence-electron chi connectivity index (χ3n) is 6.19. The highest BCUT2D eigenvalue weighted by Gasteiger charge is 2.42. The largest absolute Gasteiger partial charge is 0.346 e. The van der Waals surface area contributed by atoms with E-state index < -0.39 is 18.0 Å². The molecule has 0 saturated carbocycles. The fourth-order valence-corrected chi connectivity index (χ4v) is 5.38. The Kier molecular flexibility index (Phi) is 5.74. The van der Waals surface area contributed by atoms with Crippen LogP contribution in [-0.4, -0.2) is 31.4 Å². The van der Waals surface area contributed by atoms with Gasteiger partial charge in [-0.15, -0.1) is 21.5 Å². The molecule has 3 unspecified atom stereocenters. The summed E-state index contributed by atoms with van der Waals surface area (Å²) in [5.74, 6) is -0.147. The van der Waals surface area contributed by atoms with Crippen molar-refractivity contribution in [2.45, 2.75) is 38.8 Å². The number of aromatic amines is 1. The lowest BCUT2D eigenvalue weighted by atomic mass is 9.86. The third kappa shape index (κ3) is 3.90. The summed E-state index contributed by atoms with van der Waals surface area (Å²) in [5.41, 5.74) is 1.70. The van der Waals surface area contributed by atoms with Crippen LogP contribution < -0.4 is 15.8 Å². The average Bonchev–Trinajstić information content (AvgIpc) is 3.50. The number of aryl methyl sites for hydroxylation is 1. The summed E-state index contributed by atoms with van der Waals surface area (Å²) in [4.78, 5) is 43.9. The molecule has 34 heavy (non-hydrogen) atoms. The molecule has 4 aromatic rings. The molecule has 174 valence electrons. The molecule has 1 saturated heterocycles. The van der Waals surface area contributed by atoms with Crippen LogP contribution in [0.2, 0.25) is 0 Å². The lowest BCUT2D eigenvalue weighted by Gasteiger charge is -2.40. The first-order valence-corrected chi connectivity index (χ1v) is 12.0. The number of fused-ring (bicyclic) bond motifs is 1. The molecule has 9 nitrogen and oxygen atoms in total. The van der Waals surface area contributed by atoms with Crippen LogP contribution in [-0.2, 0) is 9.59 Å². The first-order chi connectivity index (χ1) is 16.4. The van der Waals surface area contributed by atoms with Crippen LogP contribution in [0.1, 0.15) is 48.1 Å². The van der Waals surface area contributed by atoms with E-state index in [2.05, 4.69) is 20.5 Å². The molecule has 1 aromatic carbocycles. The summed E-state index contributed by atoms with van der Waals surface area (Å²) in [6.45, 7) is 3.81. The van der Waals surface area contributed by atoms with Gasteiger partial charge in [0.05, 0.1) is 18.0 Å². The molecule has 0 spiro atoms. The number of nitrogens with zero attached hydrogens (tertiary/aromatic N) is 4. The number of carbonyl (C=O) groups excluding carboxylic acids is 2. The van der Waals surface area contributed by atoms with Crippen LogP contribution in [0.5, 0.6) is 0 Å². The normalized spacial score (nSPS) is 19.4. The van der Waals surface area contributed by atoms with E-state index in [9.17, 15) is 14.4 Å². The van der Waals surface area contributed by atoms with E-state index >= 15 is 0 Å². The maximum atomic E-state index is 13.6. The van der Waals surface area contributed by atoms with Gasteiger partial charge in [0.2, 0.25) is 17.5 Å². The van der Waals surface area contributed by atoms with Gasteiger partial charge in [-0.2, -0.15) is 0 Å². The molecule has 0 bridgehead atoms. The van der Waals surface area contributed by atoms with Crippen molar-refractivity contribution in [2.24, 2.45) is 5.92 Å². The van der Waals surface area contributed by atoms with Gasteiger partial charge in [0.25, 0.3) is 5.56 Å². The fraction of sp³-hybridized carbons (Fsp3) is 0.292. The summed E-state index contributed by atoms with van der Waals surface area (Å²) in [7, 11) is 0. The van der Waals surface area contributed by atoms with Gasteiger partial charge >= 0.3 is 0 Å². The van der Waals surface area contributed by atoms with Gasteiger partial charge in [-0.3, -0.25) is 18.8 Å². The lowest BCUT2D eigenvalue weighted by molar-refractivity contribution is -0.129. The first-order valence-electron chi connectivity index (χ1n) is 11.1. The van der Waals surface area contributed by atoms with E-state index in [4.69, 9.17) is 0 Å². The Balaban J connectivity index is 1.46. The molecule has 0 aliphatic carbocycles. The van der Waals surface area contributed by atoms with Crippen molar-refractivity contribution in [3.8, 4) is 0 Å². The quantitative estimate of drug-likeness (QED) is 0.460. The summed E-state index contributed by atoms with van der Waals surface area (Å²) in [6.07, 6.45) is 3.89. The van der Waals surface area contributed by atoms with Crippen LogP contribution in [0.3, 0.4) is 0 Å². The number of aromatic nitrogens is 4. The first kappa shape index (κ1) is 22.0. The van der Waals surface area contributed by atoms with Gasteiger partial charge < -0.3 is 15.2 Å². The second kappa shape index (κ2) is 8.86. The molecule has 3 aromatic heterocycles. The Morgan fingerprint density at radius 1 is 1.21 bits per heavy atom. The third-order valence-corrected chi connectivity index (χ3v) is 7.13. The molecule has 2 amide bonds. The standard InChI is InChI=1S/C24H24N6O3S/c1-14-5-7-16(8-6-14)30-19(31)10-9-17(20(30)18-4-3-13-34-18)23(32)26-15(2)21-27-28-22-24(33)25-11-12-29(21)22/h3-8,11-13,15,17,20H,9-10H2,1-2H3,(H,25,33)(H,26,32). The van der Waals surface area contributed by atoms with E-state index in [1.165, 1.54) is 17.5 Å². The monoisotopic (exact) mass is 476 g/mol. The van der Waals surface area contributed by atoms with Crippen LogP contribution >= 0.6 is 11.3 Å². The Hall–Kier alpha value is -3.79. The molecule has 1 aliphatic rings. The predicted molar refractivity (Wildman–Crippen MR) is 129 cm³/mol. The molecule has 5 rings (SSSR count). The van der Waals surface area contributed by atoms with Gasteiger partial charge in [-0.05, 0) is 43.8 Å². The number of carbonyl (C=O) groups is 2. The van der Waals surface area contributed by atoms with Crippen molar-refractivity contribution in [1.29, 1.82) is 0 Å². The number of amides is 2. The maximum absolute atomic E-state index is 13.6. The van der Waals surface area contributed by atoms with Gasteiger partial charge in [0.15, 0.2) is 5.82 Å². The summed E-state index contributed by atoms with van der Waals surface area (Å²) < 4.78 is 1.57. The smallest absolute Gasteiger partial charge is 0.293 e. The number of nitrogens with one attached hydrogen (secondary N) is 2. The van der Waals surface area contributed by atoms with Gasteiger partial charge in [-0.1, -0.05) is 23.8 Å². The van der Waals surface area contributed by atoms with Gasteiger partial charge in [-0.25, -0.2) is 0 Å². The molecule has 3 atom stereocenters. The molecule has 10 heteroatoms. The Labute approximate surface area is 199 Å². The minimum atomic E-state index is -0.487. The predicted octanol–water partition coefficient (Wildman–Crippen LogP) is 3.15. The van der Waals surface area contributed by atoms with Crippen LogP contribution in [0.25, 0.3) is 5.65 Å². The zero-order valence-corrected chi connectivity index (χ0v) is 19.6. The highest BCUT2D eigenvalue weighted by Crippen LogP contribution is 2.42. The van der Waals surface area contributed by atoms with Gasteiger partial charge in [0, 0.05) is 29.4 Å². The minimum absolute atomic E-state index is 0.00188. The highest BCUT2D eigenvalue weighted by molar-refractivity contribution is 7.10. The zero-order chi connectivity index (χ0) is 23.8. The SMILES string of the molecule is Cc1ccc(N2C(=O)CCC(C(=O)NC(C)c3nnc4c(=O)[nH]ccn34)C2c2cccs2)cc1. The molecule has 1 fully saturated rings. The van der Waals surface area contributed by atoms with Gasteiger partial charge in [0.1, 0.15) is 0 Å². The number of thiophene rings is 1. The van der Waals surface area contributed by atoms with Crippen molar-refractivity contribution in [2.75, 3.05) is 4.90 Å². The van der Waals surface area contributed by atoms with Crippen LogP contribution in [0, 0.1) is 12.8 Å². The number of hydrogen-bond acceptors (Lipinski definition) is 6. The zero-order valence-electron chi connectivity index (χ0n) is 18.8. The van der Waals surface area contributed by atoms with E-state index in [0.717, 1.165) is 16.1 Å². The molecule has 2 N–H and O–H groups in total. The van der Waals surface area contributed by atoms with Crippen molar-refractivity contribution in [1.82, 2.24) is 24.9 Å². The Morgan fingerprint density at radius 2 is 2.00 bits per heavy atom. The number of rotatable bonds is 5. The second-order valence-electron chi connectivity index (χ2n) is 8.48. The van der Waals surface area contributed by atoms with Crippen molar-refractivity contribution >= 4 is 34.5 Å². The molecule has 0 radical (unpaired) electrons. The Bertz CT molecular complexity index is 1390. The van der Waals surface area contributed by atoms with Crippen molar-refractivity contribution < 1.29 is 9.59 Å². The summed E-state index contributed by atoms with van der Waals surface area (Å²) in [5, 5.41) is 13.1. The average molecular weight is 477 g/mol. The molecular formula is C24H24N6O3S. The number of benzene rings is 1. The molecular weight excluding hydrogens is 452 g/mol. The lowest BCUT2D eigenvalue weighted by Crippen LogP contribution is -2.48. The van der Waals surface area contributed by atoms with Crippen molar-refractivity contribution in [3.05, 3.63) is 80.8 Å². The number of hydrogen-bond donors (Lipinski definition) is 2. The summed E-state index contributed by atoms with van der Waals surface area (Å²) in [6, 6.07) is 10.8. The van der Waals surface area contributed by atoms with E-state index in [0.29, 0.717) is 12.2 Å². The topological polar surface area (TPSA) is 112 Å². The maximum Gasteiger partial charge on any atom is 0.293 e. The van der Waals surface area contributed by atoms with E-state index in [-0.39, 0.29) is 29.4 Å². The second-order valence-corrected chi connectivity index (χ2v) is 9.46. The van der Waals surface area contributed by atoms with E-state index in [1.807, 2.05) is 48.7 Å². The number of anilines is 1.